The molecule has 6 aromatic carbocycles. The molecule has 0 spiro atoms. The molecule has 0 N–H and O–H groups in total. The van der Waals surface area contributed by atoms with Crippen molar-refractivity contribution in [1.82, 2.24) is 4.57 Å². The standard InChI is InChI=1S/C34H19NOS/c1-2-12-29-23(8-1)26-18-21(15-17-30(26)36-29)22-14-16-27-32(19-22)37-31-13-5-10-25-24-9-3-6-20-7-4-11-28(33(20)24)35(27)34(25)31/h1-19H. The van der Waals surface area contributed by atoms with E-state index in [1.165, 1.54) is 58.8 Å². The Morgan fingerprint density at radius 3 is 2.24 bits per heavy atom. The van der Waals surface area contributed by atoms with E-state index in [0.29, 0.717) is 0 Å². The van der Waals surface area contributed by atoms with E-state index in [4.69, 9.17) is 4.42 Å². The van der Waals surface area contributed by atoms with E-state index in [-0.39, 0.29) is 0 Å². The third-order valence-corrected chi connectivity index (χ3v) is 8.86. The lowest BCUT2D eigenvalue weighted by Crippen LogP contribution is -2.04. The molecule has 0 bridgehead atoms. The minimum absolute atomic E-state index is 0.929. The van der Waals surface area contributed by atoms with Gasteiger partial charge in [0, 0.05) is 21.5 Å². The van der Waals surface area contributed by atoms with Gasteiger partial charge in [0.15, 0.2) is 0 Å². The monoisotopic (exact) mass is 489 g/mol. The van der Waals surface area contributed by atoms with Crippen LogP contribution in [0.25, 0.3) is 80.7 Å². The Labute approximate surface area is 215 Å². The summed E-state index contributed by atoms with van der Waals surface area (Å²) in [5.41, 5.74) is 8.08. The van der Waals surface area contributed by atoms with Gasteiger partial charge in [-0.3, -0.25) is 0 Å². The van der Waals surface area contributed by atoms with Crippen LogP contribution >= 0.6 is 11.3 Å². The van der Waals surface area contributed by atoms with E-state index >= 15 is 0 Å². The number of hydrogen-bond acceptors (Lipinski definition) is 2. The number of furan rings is 1. The highest BCUT2D eigenvalue weighted by molar-refractivity contribution is 7.24. The van der Waals surface area contributed by atoms with Gasteiger partial charge < -0.3 is 8.98 Å². The number of fused-ring (bicyclic) bond motifs is 7. The Morgan fingerprint density at radius 2 is 1.27 bits per heavy atom. The van der Waals surface area contributed by atoms with Gasteiger partial charge in [0.1, 0.15) is 11.2 Å². The molecule has 9 rings (SSSR count). The summed E-state index contributed by atoms with van der Waals surface area (Å²) in [6.45, 7) is 0. The van der Waals surface area contributed by atoms with Crippen molar-refractivity contribution >= 4 is 75.3 Å². The van der Waals surface area contributed by atoms with Crippen LogP contribution < -0.4 is 0 Å². The molecule has 2 nitrogen and oxygen atoms in total. The third kappa shape index (κ3) is 2.59. The molecule has 7 aromatic rings. The minimum atomic E-state index is 0.929. The van der Waals surface area contributed by atoms with E-state index in [1.54, 1.807) is 0 Å². The molecule has 172 valence electrons. The smallest absolute Gasteiger partial charge is 0.135 e. The summed E-state index contributed by atoms with van der Waals surface area (Å²) in [4.78, 5) is 0. The van der Waals surface area contributed by atoms with Gasteiger partial charge in [0.05, 0.1) is 26.1 Å². The van der Waals surface area contributed by atoms with Gasteiger partial charge in [-0.2, -0.15) is 0 Å². The van der Waals surface area contributed by atoms with Crippen LogP contribution in [0.4, 0.5) is 0 Å². The zero-order chi connectivity index (χ0) is 24.1. The van der Waals surface area contributed by atoms with Crippen LogP contribution in [0.3, 0.4) is 0 Å². The van der Waals surface area contributed by atoms with Crippen molar-refractivity contribution in [3.05, 3.63) is 115 Å². The molecule has 0 aliphatic carbocycles. The molecule has 0 radical (unpaired) electrons. The zero-order valence-corrected chi connectivity index (χ0v) is 20.5. The fourth-order valence-corrected chi connectivity index (χ4v) is 7.27. The SMILES string of the molecule is c1ccc2c(c1)oc1ccc(-c3ccc4c(c3)sc3cccc5c3-n4c3cccc4cccc5c43)cc12. The van der Waals surface area contributed by atoms with Crippen molar-refractivity contribution in [1.29, 1.82) is 0 Å². The first-order valence-corrected chi connectivity index (χ1v) is 13.3. The van der Waals surface area contributed by atoms with Crippen molar-refractivity contribution in [3.63, 3.8) is 0 Å². The average molecular weight is 490 g/mol. The second kappa shape index (κ2) is 7.00. The first-order valence-electron chi connectivity index (χ1n) is 12.5. The predicted molar refractivity (Wildman–Crippen MR) is 158 cm³/mol. The number of para-hydroxylation sites is 2. The number of hydrogen-bond donors (Lipinski definition) is 0. The highest BCUT2D eigenvalue weighted by Gasteiger charge is 2.19. The molecule has 0 unspecified atom stereocenters. The van der Waals surface area contributed by atoms with E-state index in [9.17, 15) is 0 Å². The topological polar surface area (TPSA) is 18.1 Å². The highest BCUT2D eigenvalue weighted by Crippen LogP contribution is 2.43. The molecule has 0 atom stereocenters. The first-order chi connectivity index (χ1) is 18.3. The Balaban J connectivity index is 1.38. The van der Waals surface area contributed by atoms with Crippen LogP contribution in [-0.4, -0.2) is 4.57 Å². The summed E-state index contributed by atoms with van der Waals surface area (Å²) in [5, 5.41) is 7.56. The molecule has 37 heavy (non-hydrogen) atoms. The molecule has 3 heteroatoms. The largest absolute Gasteiger partial charge is 0.456 e. The third-order valence-electron chi connectivity index (χ3n) is 7.77. The summed E-state index contributed by atoms with van der Waals surface area (Å²) in [6.07, 6.45) is 0. The molecular formula is C34H19NOS. The van der Waals surface area contributed by atoms with E-state index in [0.717, 1.165) is 21.9 Å². The number of benzene rings is 6. The van der Waals surface area contributed by atoms with Crippen LogP contribution in [0.15, 0.2) is 120 Å². The van der Waals surface area contributed by atoms with Gasteiger partial charge >= 0.3 is 0 Å². The fourth-order valence-electron chi connectivity index (χ4n) is 6.14. The summed E-state index contributed by atoms with van der Waals surface area (Å²) in [5.74, 6) is 0. The Bertz CT molecular complexity index is 2310. The summed E-state index contributed by atoms with van der Waals surface area (Å²) in [6, 6.07) is 41.7. The lowest BCUT2D eigenvalue weighted by molar-refractivity contribution is 0.669. The maximum absolute atomic E-state index is 6.06. The number of pyridine rings is 1. The van der Waals surface area contributed by atoms with Crippen LogP contribution in [0.1, 0.15) is 0 Å². The molecule has 2 aliphatic heterocycles. The van der Waals surface area contributed by atoms with Crippen molar-refractivity contribution in [2.45, 2.75) is 0 Å². The van der Waals surface area contributed by atoms with Gasteiger partial charge in [0.2, 0.25) is 0 Å². The highest BCUT2D eigenvalue weighted by atomic mass is 32.1. The van der Waals surface area contributed by atoms with Gasteiger partial charge in [-0.25, -0.2) is 0 Å². The Morgan fingerprint density at radius 1 is 0.514 bits per heavy atom. The molecule has 0 amide bonds. The van der Waals surface area contributed by atoms with E-state index < -0.39 is 0 Å². The molecule has 3 heterocycles. The minimum Gasteiger partial charge on any atom is -0.456 e. The van der Waals surface area contributed by atoms with Gasteiger partial charge in [-0.1, -0.05) is 72.8 Å². The predicted octanol–water partition coefficient (Wildman–Crippen LogP) is 10.2. The first kappa shape index (κ1) is 19.6. The van der Waals surface area contributed by atoms with Crippen LogP contribution in [0, 0.1) is 0 Å². The quantitative estimate of drug-likeness (QED) is 0.166. The van der Waals surface area contributed by atoms with E-state index in [2.05, 4.69) is 108 Å². The Kier molecular flexibility index (Phi) is 3.70. The normalized spacial score (nSPS) is 12.3. The molecule has 0 saturated carbocycles. The summed E-state index contributed by atoms with van der Waals surface area (Å²) >= 11 is 1.87. The second-order valence-corrected chi connectivity index (χ2v) is 10.8. The zero-order valence-electron chi connectivity index (χ0n) is 19.7. The van der Waals surface area contributed by atoms with Crippen molar-refractivity contribution in [3.8, 4) is 16.8 Å². The lowest BCUT2D eigenvalue weighted by atomic mass is 9.98. The van der Waals surface area contributed by atoms with Crippen molar-refractivity contribution in [2.24, 2.45) is 0 Å². The molecule has 2 aliphatic rings. The van der Waals surface area contributed by atoms with Crippen LogP contribution in [0.2, 0.25) is 0 Å². The summed E-state index contributed by atoms with van der Waals surface area (Å²) < 4.78 is 11.1. The van der Waals surface area contributed by atoms with Gasteiger partial charge in [-0.05, 0) is 64.4 Å². The van der Waals surface area contributed by atoms with Gasteiger partial charge in [0.25, 0.3) is 0 Å². The molecular weight excluding hydrogens is 470 g/mol. The van der Waals surface area contributed by atoms with Crippen molar-refractivity contribution < 1.29 is 4.42 Å². The second-order valence-electron chi connectivity index (χ2n) is 9.76. The van der Waals surface area contributed by atoms with Gasteiger partial charge in [-0.15, -0.1) is 11.3 Å². The Hall–Kier alpha value is -4.60. The average Bonchev–Trinajstić information content (AvgIpc) is 3.32. The van der Waals surface area contributed by atoms with E-state index in [1.807, 2.05) is 23.5 Å². The fraction of sp³-hybridized carbons (Fsp3) is 0. The lowest BCUT2D eigenvalue weighted by Gasteiger charge is -2.23. The van der Waals surface area contributed by atoms with Crippen LogP contribution in [0.5, 0.6) is 0 Å². The van der Waals surface area contributed by atoms with Crippen LogP contribution in [-0.2, 0) is 0 Å². The summed E-state index contributed by atoms with van der Waals surface area (Å²) in [7, 11) is 0. The maximum Gasteiger partial charge on any atom is 0.135 e. The molecule has 0 fully saturated rings. The molecule has 0 saturated heterocycles. The molecule has 1 aromatic heterocycles. The number of rotatable bonds is 1. The van der Waals surface area contributed by atoms with Crippen molar-refractivity contribution in [2.75, 3.05) is 0 Å². The maximum atomic E-state index is 6.06. The number of nitrogens with zero attached hydrogens (tertiary/aromatic N) is 1. The number of aromatic nitrogens is 1.